The molecule has 5 N–H and O–H groups in total. The Bertz CT molecular complexity index is 1270. The summed E-state index contributed by atoms with van der Waals surface area (Å²) in [5, 5.41) is 24.7. The molecule has 208 valence electrons. The summed E-state index contributed by atoms with van der Waals surface area (Å²) < 4.78 is 32.3. The summed E-state index contributed by atoms with van der Waals surface area (Å²) in [6.45, 7) is 4.55. The minimum Gasteiger partial charge on any atom is -0.493 e. The molecule has 1 aliphatic carbocycles. The van der Waals surface area contributed by atoms with E-state index in [9.17, 15) is 18.3 Å². The van der Waals surface area contributed by atoms with Crippen molar-refractivity contribution in [3.63, 3.8) is 0 Å². The van der Waals surface area contributed by atoms with Crippen molar-refractivity contribution < 1.29 is 28.2 Å². The van der Waals surface area contributed by atoms with E-state index in [1.165, 1.54) is 26.0 Å². The molecule has 12 heteroatoms. The number of sulfonamides is 1. The van der Waals surface area contributed by atoms with Gasteiger partial charge in [-0.15, -0.1) is 0 Å². The fraction of sp³-hybridized carbons (Fsp3) is 0.538. The first kappa shape index (κ1) is 27.9. The van der Waals surface area contributed by atoms with Crippen molar-refractivity contribution in [2.45, 2.75) is 45.1 Å². The average Bonchev–Trinajstić information content (AvgIpc) is 3.62. The number of aromatic nitrogens is 1. The fourth-order valence-corrected chi connectivity index (χ4v) is 5.44. The van der Waals surface area contributed by atoms with Gasteiger partial charge in [0.25, 0.3) is 5.91 Å². The number of nitrogens with zero attached hydrogens (tertiary/aromatic N) is 2. The molecule has 1 saturated heterocycles. The number of aliphatic hydroxyl groups is 2. The van der Waals surface area contributed by atoms with E-state index in [1.807, 2.05) is 13.8 Å². The van der Waals surface area contributed by atoms with Gasteiger partial charge in [-0.05, 0) is 75.3 Å². The SMILES string of the molecule is COc1ccc(NC(=O)c2ccc(NS(=O)(=O)CCO)cc2N2CCC3(CC2)CC3)nc1NC(C)(C)CO. The van der Waals surface area contributed by atoms with Gasteiger partial charge in [-0.1, -0.05) is 0 Å². The maximum Gasteiger partial charge on any atom is 0.258 e. The molecule has 0 atom stereocenters. The first-order chi connectivity index (χ1) is 18.0. The zero-order valence-electron chi connectivity index (χ0n) is 22.1. The second-order valence-electron chi connectivity index (χ2n) is 10.7. The highest BCUT2D eigenvalue weighted by Crippen LogP contribution is 2.54. The standard InChI is InChI=1S/C26H37N5O6S/c1-25(2,17-33)29-23-21(37-3)6-7-22(27-23)28-24(34)19-5-4-18(30-38(35,36)15-14-32)16-20(19)31-12-10-26(8-9-26)11-13-31/h4-7,16,30,32-33H,8-15,17H2,1-3H3,(H2,27,28,29,34). The monoisotopic (exact) mass is 547 g/mol. The number of methoxy groups -OCH3 is 1. The lowest BCUT2D eigenvalue weighted by Crippen LogP contribution is -2.36. The van der Waals surface area contributed by atoms with E-state index < -0.39 is 27.9 Å². The third kappa shape index (κ3) is 6.66. The van der Waals surface area contributed by atoms with Crippen molar-refractivity contribution in [1.29, 1.82) is 0 Å². The summed E-state index contributed by atoms with van der Waals surface area (Å²) in [6.07, 6.45) is 4.54. The second kappa shape index (κ2) is 11.0. The van der Waals surface area contributed by atoms with Gasteiger partial charge in [-0.25, -0.2) is 13.4 Å². The van der Waals surface area contributed by atoms with Gasteiger partial charge in [0.15, 0.2) is 11.6 Å². The number of ether oxygens (including phenoxy) is 1. The van der Waals surface area contributed by atoms with Gasteiger partial charge >= 0.3 is 0 Å². The van der Waals surface area contributed by atoms with Crippen LogP contribution in [0.5, 0.6) is 5.75 Å². The number of nitrogens with one attached hydrogen (secondary N) is 3. The molecule has 11 nitrogen and oxygen atoms in total. The molecule has 2 aliphatic rings. The number of benzene rings is 1. The Kier molecular flexibility index (Phi) is 8.05. The van der Waals surface area contributed by atoms with E-state index in [1.54, 1.807) is 24.3 Å². The van der Waals surface area contributed by atoms with Crippen LogP contribution in [-0.4, -0.2) is 74.2 Å². The normalized spacial score (nSPS) is 16.7. The van der Waals surface area contributed by atoms with Crippen LogP contribution in [0, 0.1) is 5.41 Å². The first-order valence-electron chi connectivity index (χ1n) is 12.7. The van der Waals surface area contributed by atoms with Crippen molar-refractivity contribution in [3.8, 4) is 5.75 Å². The molecule has 1 spiro atoms. The Balaban J connectivity index is 1.61. The maximum absolute atomic E-state index is 13.5. The van der Waals surface area contributed by atoms with Gasteiger partial charge in [0, 0.05) is 13.1 Å². The molecule has 1 aliphatic heterocycles. The number of hydrogen-bond donors (Lipinski definition) is 5. The van der Waals surface area contributed by atoms with Crippen LogP contribution in [0.15, 0.2) is 30.3 Å². The number of piperidine rings is 1. The number of anilines is 4. The van der Waals surface area contributed by atoms with Crippen LogP contribution < -0.4 is 25.0 Å². The molecule has 2 fully saturated rings. The number of aliphatic hydroxyl groups excluding tert-OH is 2. The predicted molar refractivity (Wildman–Crippen MR) is 148 cm³/mol. The maximum atomic E-state index is 13.5. The van der Waals surface area contributed by atoms with E-state index in [-0.39, 0.29) is 12.5 Å². The van der Waals surface area contributed by atoms with Crippen molar-refractivity contribution in [2.24, 2.45) is 5.41 Å². The highest BCUT2D eigenvalue weighted by Gasteiger charge is 2.44. The van der Waals surface area contributed by atoms with E-state index in [0.717, 1.165) is 25.9 Å². The van der Waals surface area contributed by atoms with Crippen LogP contribution in [0.1, 0.15) is 49.9 Å². The van der Waals surface area contributed by atoms with Gasteiger partial charge in [-0.2, -0.15) is 0 Å². The molecule has 4 rings (SSSR count). The Morgan fingerprint density at radius 3 is 2.45 bits per heavy atom. The van der Waals surface area contributed by atoms with Crippen molar-refractivity contribution in [1.82, 2.24) is 4.98 Å². The lowest BCUT2D eigenvalue weighted by atomic mass is 9.93. The third-order valence-electron chi connectivity index (χ3n) is 7.17. The number of hydrogen-bond acceptors (Lipinski definition) is 9. The summed E-state index contributed by atoms with van der Waals surface area (Å²) in [4.78, 5) is 20.1. The minimum atomic E-state index is -3.72. The molecule has 0 radical (unpaired) electrons. The van der Waals surface area contributed by atoms with Crippen LogP contribution in [0.4, 0.5) is 23.0 Å². The van der Waals surface area contributed by atoms with Crippen molar-refractivity contribution in [2.75, 3.05) is 59.4 Å². The molecular weight excluding hydrogens is 510 g/mol. The molecule has 38 heavy (non-hydrogen) atoms. The summed E-state index contributed by atoms with van der Waals surface area (Å²) in [7, 11) is -2.20. The summed E-state index contributed by atoms with van der Waals surface area (Å²) in [6, 6.07) is 8.12. The highest BCUT2D eigenvalue weighted by molar-refractivity contribution is 7.92. The molecule has 2 heterocycles. The van der Waals surface area contributed by atoms with Gasteiger partial charge in [0.1, 0.15) is 5.82 Å². The number of pyridine rings is 1. The fourth-order valence-electron chi connectivity index (χ4n) is 4.61. The minimum absolute atomic E-state index is 0.136. The summed E-state index contributed by atoms with van der Waals surface area (Å²) in [5.74, 6) is 0.336. The highest BCUT2D eigenvalue weighted by atomic mass is 32.2. The van der Waals surface area contributed by atoms with E-state index >= 15 is 0 Å². The molecule has 1 amide bonds. The molecule has 2 aromatic rings. The Hall–Kier alpha value is -3.09. The summed E-state index contributed by atoms with van der Waals surface area (Å²) >= 11 is 0. The van der Waals surface area contributed by atoms with Gasteiger partial charge in [0.05, 0.1) is 48.6 Å². The van der Waals surface area contributed by atoms with Crippen molar-refractivity contribution >= 4 is 38.9 Å². The molecule has 0 unspecified atom stereocenters. The zero-order chi connectivity index (χ0) is 27.6. The number of amides is 1. The van der Waals surface area contributed by atoms with E-state index in [2.05, 4.69) is 25.2 Å². The third-order valence-corrected chi connectivity index (χ3v) is 8.44. The quantitative estimate of drug-likeness (QED) is 0.286. The number of carbonyl (C=O) groups excluding carboxylic acids is 1. The van der Waals surface area contributed by atoms with Crippen LogP contribution in [0.2, 0.25) is 0 Å². The average molecular weight is 548 g/mol. The van der Waals surface area contributed by atoms with Gasteiger partial charge < -0.3 is 30.5 Å². The van der Waals surface area contributed by atoms with Crippen molar-refractivity contribution in [3.05, 3.63) is 35.9 Å². The van der Waals surface area contributed by atoms with Crippen LogP contribution >= 0.6 is 0 Å². The van der Waals surface area contributed by atoms with E-state index in [4.69, 9.17) is 9.84 Å². The summed E-state index contributed by atoms with van der Waals surface area (Å²) in [5.41, 5.74) is 1.12. The molecule has 0 bridgehead atoms. The second-order valence-corrected chi connectivity index (χ2v) is 12.6. The number of rotatable bonds is 11. The Labute approximate surface area is 223 Å². The Morgan fingerprint density at radius 2 is 1.84 bits per heavy atom. The number of carbonyl (C=O) groups is 1. The van der Waals surface area contributed by atoms with Gasteiger partial charge in [-0.3, -0.25) is 9.52 Å². The van der Waals surface area contributed by atoms with E-state index in [0.29, 0.717) is 39.7 Å². The molecular formula is C26H37N5O6S. The lowest BCUT2D eigenvalue weighted by molar-refractivity contribution is 0.102. The first-order valence-corrected chi connectivity index (χ1v) is 14.4. The van der Waals surface area contributed by atoms with Crippen LogP contribution in [0.25, 0.3) is 0 Å². The largest absolute Gasteiger partial charge is 0.493 e. The van der Waals surface area contributed by atoms with Gasteiger partial charge in [0.2, 0.25) is 10.0 Å². The van der Waals surface area contributed by atoms with Crippen LogP contribution in [-0.2, 0) is 10.0 Å². The lowest BCUT2D eigenvalue weighted by Gasteiger charge is -2.35. The van der Waals surface area contributed by atoms with Crippen LogP contribution in [0.3, 0.4) is 0 Å². The smallest absolute Gasteiger partial charge is 0.258 e. The molecule has 1 aromatic heterocycles. The Morgan fingerprint density at radius 1 is 1.13 bits per heavy atom. The molecule has 1 aromatic carbocycles. The topological polar surface area (TPSA) is 153 Å². The predicted octanol–water partition coefficient (Wildman–Crippen LogP) is 2.64. The molecule has 1 saturated carbocycles. The zero-order valence-corrected chi connectivity index (χ0v) is 22.9.